The van der Waals surface area contributed by atoms with Crippen molar-refractivity contribution in [2.45, 2.75) is 20.4 Å². The molecule has 2 N–H and O–H groups in total. The van der Waals surface area contributed by atoms with Crippen LogP contribution in [0.15, 0.2) is 50.7 Å². The Bertz CT molecular complexity index is 1270. The Balaban J connectivity index is 1.58. The third kappa shape index (κ3) is 4.15. The number of nitrogens with zero attached hydrogens (tertiary/aromatic N) is 2. The molecule has 1 aromatic heterocycles. The van der Waals surface area contributed by atoms with Crippen LogP contribution < -0.4 is 10.2 Å². The van der Waals surface area contributed by atoms with Crippen LogP contribution in [0, 0.1) is 13.8 Å². The fraction of sp³-hybridized carbons (Fsp3) is 0.136. The molecule has 0 saturated carbocycles. The first-order valence-corrected chi connectivity index (χ1v) is 10.8. The van der Waals surface area contributed by atoms with E-state index in [-0.39, 0.29) is 18.3 Å². The average molecular weight is 484 g/mol. The first kappa shape index (κ1) is 20.3. The predicted octanol–water partition coefficient (Wildman–Crippen LogP) is 4.89. The number of benzene rings is 2. The van der Waals surface area contributed by atoms with Crippen molar-refractivity contribution in [3.8, 4) is 5.88 Å². The van der Waals surface area contributed by atoms with Crippen LogP contribution in [-0.2, 0) is 11.3 Å². The second-order valence-corrected chi connectivity index (χ2v) is 8.99. The standard InChI is InChI=1S/C22H18BrN3O3S/c1-12-5-13(2)7-16(6-12)25-20(27)11-26-21(28)19(30-22(26)29)8-14-10-24-18-4-3-15(23)9-17(14)18/h3-10,28H,11H2,1-2H3,(H,25,27). The number of carbonyl (C=O) groups excluding carboxylic acids is 1. The molecule has 2 aromatic carbocycles. The Kier molecular flexibility index (Phi) is 5.44. The summed E-state index contributed by atoms with van der Waals surface area (Å²) in [6.45, 7) is 3.62. The normalized spacial score (nSPS) is 13.6. The molecule has 1 aliphatic rings. The van der Waals surface area contributed by atoms with Crippen molar-refractivity contribution in [2.75, 3.05) is 5.32 Å². The number of rotatable bonds is 4. The lowest BCUT2D eigenvalue weighted by atomic mass is 10.1. The van der Waals surface area contributed by atoms with E-state index in [0.717, 1.165) is 48.3 Å². The molecule has 0 aliphatic carbocycles. The Morgan fingerprint density at radius 1 is 1.23 bits per heavy atom. The van der Waals surface area contributed by atoms with E-state index >= 15 is 0 Å². The van der Waals surface area contributed by atoms with E-state index in [1.807, 2.05) is 50.2 Å². The van der Waals surface area contributed by atoms with E-state index in [4.69, 9.17) is 0 Å². The number of carbonyl (C=O) groups is 1. The van der Waals surface area contributed by atoms with Gasteiger partial charge in [0.25, 0.3) is 0 Å². The molecule has 0 radical (unpaired) electrons. The van der Waals surface area contributed by atoms with Gasteiger partial charge in [0.1, 0.15) is 6.54 Å². The first-order valence-electron chi connectivity index (χ1n) is 9.16. The molecule has 4 rings (SSSR count). The second-order valence-electron chi connectivity index (χ2n) is 7.09. The summed E-state index contributed by atoms with van der Waals surface area (Å²) in [4.78, 5) is 29.2. The summed E-state index contributed by atoms with van der Waals surface area (Å²) < 4.78 is 1.99. The largest absolute Gasteiger partial charge is 0.493 e. The van der Waals surface area contributed by atoms with Gasteiger partial charge < -0.3 is 10.4 Å². The average Bonchev–Trinajstić information content (AvgIpc) is 3.17. The Labute approximate surface area is 185 Å². The van der Waals surface area contributed by atoms with Crippen molar-refractivity contribution >= 4 is 62.4 Å². The van der Waals surface area contributed by atoms with Gasteiger partial charge in [0, 0.05) is 27.5 Å². The molecule has 0 unspecified atom stereocenters. The molecule has 8 heteroatoms. The highest BCUT2D eigenvalue weighted by Gasteiger charge is 2.18. The molecule has 1 amide bonds. The van der Waals surface area contributed by atoms with Crippen LogP contribution >= 0.6 is 27.3 Å². The van der Waals surface area contributed by atoms with Gasteiger partial charge in [0.2, 0.25) is 11.8 Å². The van der Waals surface area contributed by atoms with Crippen molar-refractivity contribution in [3.63, 3.8) is 0 Å². The fourth-order valence-corrected chi connectivity index (χ4v) is 4.55. The third-order valence-corrected chi connectivity index (χ3v) is 6.01. The molecule has 0 bridgehead atoms. The topological polar surface area (TPSA) is 83.7 Å². The number of aromatic hydroxyl groups is 1. The number of anilines is 1. The number of allylic oxidation sites excluding steroid dienone is 1. The quantitative estimate of drug-likeness (QED) is 0.553. The Hall–Kier alpha value is -2.97. The fourth-order valence-electron chi connectivity index (χ4n) is 3.36. The van der Waals surface area contributed by atoms with Crippen molar-refractivity contribution in [3.05, 3.63) is 72.1 Å². The van der Waals surface area contributed by atoms with E-state index in [1.54, 1.807) is 12.3 Å². The molecule has 2 heterocycles. The van der Waals surface area contributed by atoms with Gasteiger partial charge >= 0.3 is 4.87 Å². The zero-order valence-electron chi connectivity index (χ0n) is 16.3. The summed E-state index contributed by atoms with van der Waals surface area (Å²) in [5.74, 6) is -0.615. The minimum absolute atomic E-state index is 0.232. The molecule has 1 aliphatic heterocycles. The van der Waals surface area contributed by atoms with E-state index in [2.05, 4.69) is 26.2 Å². The molecule has 0 atom stereocenters. The summed E-state index contributed by atoms with van der Waals surface area (Å²) in [6.07, 6.45) is 3.40. The number of aliphatic imine (C=N–C) groups is 1. The number of halogens is 1. The van der Waals surface area contributed by atoms with Crippen LogP contribution in [0.4, 0.5) is 11.4 Å². The third-order valence-electron chi connectivity index (χ3n) is 4.60. The number of nitrogens with one attached hydrogen (secondary N) is 1. The van der Waals surface area contributed by atoms with Gasteiger partial charge in [-0.2, -0.15) is 0 Å². The maximum Gasteiger partial charge on any atom is 0.311 e. The van der Waals surface area contributed by atoms with Crippen molar-refractivity contribution in [1.82, 2.24) is 4.57 Å². The van der Waals surface area contributed by atoms with Gasteiger partial charge in [0.05, 0.1) is 10.6 Å². The lowest BCUT2D eigenvalue weighted by Crippen LogP contribution is -2.24. The van der Waals surface area contributed by atoms with Crippen LogP contribution in [0.1, 0.15) is 21.6 Å². The van der Waals surface area contributed by atoms with Crippen molar-refractivity contribution < 1.29 is 9.90 Å². The number of hydrogen-bond donors (Lipinski definition) is 2. The zero-order chi connectivity index (χ0) is 21.4. The van der Waals surface area contributed by atoms with Gasteiger partial charge in [-0.05, 0) is 61.4 Å². The van der Waals surface area contributed by atoms with Gasteiger partial charge in [-0.25, -0.2) is 0 Å². The van der Waals surface area contributed by atoms with Crippen LogP contribution in [0.2, 0.25) is 0 Å². The lowest BCUT2D eigenvalue weighted by Gasteiger charge is -2.08. The summed E-state index contributed by atoms with van der Waals surface area (Å²) in [5.41, 5.74) is 5.23. The maximum atomic E-state index is 12.4. The summed E-state index contributed by atoms with van der Waals surface area (Å²) in [6, 6.07) is 11.4. The van der Waals surface area contributed by atoms with Crippen molar-refractivity contribution in [2.24, 2.45) is 4.99 Å². The highest BCUT2D eigenvalue weighted by atomic mass is 79.9. The predicted molar refractivity (Wildman–Crippen MR) is 125 cm³/mol. The highest BCUT2D eigenvalue weighted by Crippen LogP contribution is 2.36. The molecular formula is C22H18BrN3O3S. The molecule has 30 heavy (non-hydrogen) atoms. The number of thiazole rings is 1. The molecule has 0 fully saturated rings. The smallest absolute Gasteiger partial charge is 0.311 e. The SMILES string of the molecule is Cc1cc(C)cc(NC(=O)Cn2c(O)c(C=C3C=Nc4ccc(Br)cc43)sc2=O)c1. The monoisotopic (exact) mass is 483 g/mol. The number of amides is 1. The maximum absolute atomic E-state index is 12.4. The zero-order valence-corrected chi connectivity index (χ0v) is 18.7. The Morgan fingerprint density at radius 3 is 2.70 bits per heavy atom. The van der Waals surface area contributed by atoms with E-state index in [1.165, 1.54) is 0 Å². The second kappa shape index (κ2) is 8.04. The minimum atomic E-state index is -0.403. The molecular weight excluding hydrogens is 466 g/mol. The number of aryl methyl sites for hydroxylation is 2. The van der Waals surface area contributed by atoms with E-state index < -0.39 is 4.87 Å². The van der Waals surface area contributed by atoms with Gasteiger partial charge in [-0.15, -0.1) is 0 Å². The summed E-state index contributed by atoms with van der Waals surface area (Å²) >= 11 is 4.33. The molecule has 152 valence electrons. The van der Waals surface area contributed by atoms with Crippen LogP contribution in [0.3, 0.4) is 0 Å². The van der Waals surface area contributed by atoms with Crippen LogP contribution in [0.25, 0.3) is 11.6 Å². The number of fused-ring (bicyclic) bond motifs is 1. The molecule has 0 saturated heterocycles. The van der Waals surface area contributed by atoms with Gasteiger partial charge in [-0.1, -0.05) is 33.3 Å². The number of hydrogen-bond acceptors (Lipinski definition) is 5. The van der Waals surface area contributed by atoms with E-state index in [9.17, 15) is 14.7 Å². The number of aromatic nitrogens is 1. The van der Waals surface area contributed by atoms with Crippen molar-refractivity contribution in [1.29, 1.82) is 0 Å². The van der Waals surface area contributed by atoms with Crippen LogP contribution in [-0.4, -0.2) is 21.8 Å². The highest BCUT2D eigenvalue weighted by molar-refractivity contribution is 9.10. The van der Waals surface area contributed by atoms with E-state index in [0.29, 0.717) is 10.6 Å². The minimum Gasteiger partial charge on any atom is -0.493 e. The van der Waals surface area contributed by atoms with Gasteiger partial charge in [0.15, 0.2) is 0 Å². The van der Waals surface area contributed by atoms with Crippen LogP contribution in [0.5, 0.6) is 5.88 Å². The summed E-state index contributed by atoms with van der Waals surface area (Å²) in [5, 5.41) is 13.4. The Morgan fingerprint density at radius 2 is 1.97 bits per heavy atom. The first-order chi connectivity index (χ1) is 14.3. The molecule has 3 aromatic rings. The van der Waals surface area contributed by atoms with Gasteiger partial charge in [-0.3, -0.25) is 19.1 Å². The summed E-state index contributed by atoms with van der Waals surface area (Å²) in [7, 11) is 0. The molecule has 0 spiro atoms. The lowest BCUT2D eigenvalue weighted by molar-refractivity contribution is -0.116. The molecule has 6 nitrogen and oxygen atoms in total.